The summed E-state index contributed by atoms with van der Waals surface area (Å²) in [4.78, 5) is 11.4. The molecule has 138 valence electrons. The van der Waals surface area contributed by atoms with E-state index in [1.807, 2.05) is 20.8 Å². The molecular weight excluding hydrogens is 290 g/mol. The molecule has 0 aliphatic heterocycles. The maximum atomic E-state index is 11.4. The van der Waals surface area contributed by atoms with Crippen molar-refractivity contribution in [3.63, 3.8) is 0 Å². The number of carbonyl (C=O) groups is 1. The molecule has 4 nitrogen and oxygen atoms in total. The van der Waals surface area contributed by atoms with Crippen LogP contribution in [0.15, 0.2) is 0 Å². The van der Waals surface area contributed by atoms with Crippen molar-refractivity contribution in [1.29, 1.82) is 0 Å². The number of unbranched alkanes of at least 4 members (excludes halogenated alkanes) is 11. The maximum absolute atomic E-state index is 11.4. The van der Waals surface area contributed by atoms with Crippen molar-refractivity contribution < 1.29 is 14.6 Å². The van der Waals surface area contributed by atoms with Gasteiger partial charge >= 0.3 is 6.09 Å². The summed E-state index contributed by atoms with van der Waals surface area (Å²) in [7, 11) is 0. The van der Waals surface area contributed by atoms with Gasteiger partial charge in [-0.3, -0.25) is 0 Å². The molecule has 0 aliphatic rings. The highest BCUT2D eigenvalue weighted by molar-refractivity contribution is 5.67. The van der Waals surface area contributed by atoms with Gasteiger partial charge in [-0.1, -0.05) is 64.2 Å². The molecule has 0 saturated heterocycles. The summed E-state index contributed by atoms with van der Waals surface area (Å²) < 4.78 is 5.19. The van der Waals surface area contributed by atoms with E-state index < -0.39 is 5.60 Å². The van der Waals surface area contributed by atoms with E-state index in [0.717, 1.165) is 12.8 Å². The van der Waals surface area contributed by atoms with Gasteiger partial charge in [-0.2, -0.15) is 0 Å². The normalized spacial score (nSPS) is 11.5. The van der Waals surface area contributed by atoms with E-state index in [1.54, 1.807) is 0 Å². The van der Waals surface area contributed by atoms with Gasteiger partial charge in [-0.05, 0) is 33.6 Å². The average Bonchev–Trinajstić information content (AvgIpc) is 2.46. The first kappa shape index (κ1) is 22.2. The highest BCUT2D eigenvalue weighted by atomic mass is 16.6. The van der Waals surface area contributed by atoms with Gasteiger partial charge in [0.2, 0.25) is 0 Å². The van der Waals surface area contributed by atoms with Crippen LogP contribution in [-0.2, 0) is 4.74 Å². The third-order valence-corrected chi connectivity index (χ3v) is 3.75. The van der Waals surface area contributed by atoms with Crippen molar-refractivity contribution in [2.75, 3.05) is 13.2 Å². The Bertz CT molecular complexity index is 274. The fraction of sp³-hybridized carbons (Fsp3) is 0.947. The number of nitrogens with one attached hydrogen (secondary N) is 1. The van der Waals surface area contributed by atoms with E-state index >= 15 is 0 Å². The molecule has 0 rings (SSSR count). The molecule has 0 radical (unpaired) electrons. The van der Waals surface area contributed by atoms with E-state index in [2.05, 4.69) is 5.32 Å². The first-order valence-electron chi connectivity index (χ1n) is 9.53. The van der Waals surface area contributed by atoms with Crippen LogP contribution in [0.3, 0.4) is 0 Å². The standard InChI is InChI=1S/C19H39NO3/c1-19(2,3)23-18(22)20-16-14-12-10-8-6-4-5-7-9-11-13-15-17-21/h21H,4-17H2,1-3H3,(H,20,22). The molecule has 0 aromatic heterocycles. The number of ether oxygens (including phenoxy) is 1. The highest BCUT2D eigenvalue weighted by Crippen LogP contribution is 2.12. The largest absolute Gasteiger partial charge is 0.444 e. The summed E-state index contributed by atoms with van der Waals surface area (Å²) in [6, 6.07) is 0. The first-order chi connectivity index (χ1) is 11.0. The quantitative estimate of drug-likeness (QED) is 0.431. The Hall–Kier alpha value is -0.770. The van der Waals surface area contributed by atoms with E-state index in [4.69, 9.17) is 9.84 Å². The second-order valence-corrected chi connectivity index (χ2v) is 7.39. The molecule has 0 atom stereocenters. The van der Waals surface area contributed by atoms with Crippen LogP contribution in [0.25, 0.3) is 0 Å². The van der Waals surface area contributed by atoms with Crippen molar-refractivity contribution in [1.82, 2.24) is 5.32 Å². The van der Waals surface area contributed by atoms with E-state index in [9.17, 15) is 4.79 Å². The van der Waals surface area contributed by atoms with Crippen LogP contribution in [-0.4, -0.2) is 30.0 Å². The molecule has 0 bridgehead atoms. The van der Waals surface area contributed by atoms with Gasteiger partial charge in [0.15, 0.2) is 0 Å². The Labute approximate surface area is 143 Å². The Morgan fingerprint density at radius 1 is 0.783 bits per heavy atom. The summed E-state index contributed by atoms with van der Waals surface area (Å²) in [5.74, 6) is 0. The number of aliphatic hydroxyl groups excluding tert-OH is 1. The fourth-order valence-corrected chi connectivity index (χ4v) is 2.51. The van der Waals surface area contributed by atoms with Gasteiger partial charge in [0.1, 0.15) is 5.60 Å². The molecule has 0 saturated carbocycles. The zero-order valence-electron chi connectivity index (χ0n) is 15.7. The van der Waals surface area contributed by atoms with Crippen LogP contribution < -0.4 is 5.32 Å². The van der Waals surface area contributed by atoms with Gasteiger partial charge in [0.25, 0.3) is 0 Å². The molecule has 1 amide bonds. The summed E-state index contributed by atoms with van der Waals surface area (Å²) in [5.41, 5.74) is -0.414. The summed E-state index contributed by atoms with van der Waals surface area (Å²) >= 11 is 0. The molecule has 23 heavy (non-hydrogen) atoms. The van der Waals surface area contributed by atoms with Gasteiger partial charge in [-0.15, -0.1) is 0 Å². The number of amides is 1. The average molecular weight is 330 g/mol. The number of carbonyl (C=O) groups excluding carboxylic acids is 1. The number of rotatable bonds is 14. The molecule has 0 aliphatic carbocycles. The number of hydrogen-bond acceptors (Lipinski definition) is 3. The second-order valence-electron chi connectivity index (χ2n) is 7.39. The van der Waals surface area contributed by atoms with Gasteiger partial charge in [-0.25, -0.2) is 4.79 Å². The molecule has 0 unspecified atom stereocenters. The van der Waals surface area contributed by atoms with E-state index in [0.29, 0.717) is 13.2 Å². The lowest BCUT2D eigenvalue weighted by atomic mass is 10.1. The minimum Gasteiger partial charge on any atom is -0.444 e. The third-order valence-electron chi connectivity index (χ3n) is 3.75. The lowest BCUT2D eigenvalue weighted by Crippen LogP contribution is -2.32. The van der Waals surface area contributed by atoms with Gasteiger partial charge in [0.05, 0.1) is 0 Å². The van der Waals surface area contributed by atoms with Crippen LogP contribution in [0.1, 0.15) is 97.8 Å². The van der Waals surface area contributed by atoms with Gasteiger partial charge < -0.3 is 15.2 Å². The summed E-state index contributed by atoms with van der Waals surface area (Å²) in [6.45, 7) is 6.68. The Balaban J connectivity index is 3.15. The highest BCUT2D eigenvalue weighted by Gasteiger charge is 2.15. The van der Waals surface area contributed by atoms with Crippen LogP contribution >= 0.6 is 0 Å². The summed E-state index contributed by atoms with van der Waals surface area (Å²) in [6.07, 6.45) is 14.5. The molecule has 0 aromatic rings. The van der Waals surface area contributed by atoms with Crippen molar-refractivity contribution >= 4 is 6.09 Å². The number of alkyl carbamates (subject to hydrolysis) is 1. The monoisotopic (exact) mass is 329 g/mol. The third kappa shape index (κ3) is 19.2. The lowest BCUT2D eigenvalue weighted by molar-refractivity contribution is 0.0527. The fourth-order valence-electron chi connectivity index (χ4n) is 2.51. The zero-order valence-corrected chi connectivity index (χ0v) is 15.7. The minimum atomic E-state index is -0.414. The summed E-state index contributed by atoms with van der Waals surface area (Å²) in [5, 5.41) is 11.5. The zero-order chi connectivity index (χ0) is 17.4. The molecule has 0 aromatic carbocycles. The van der Waals surface area contributed by atoms with Crippen molar-refractivity contribution in [2.24, 2.45) is 0 Å². The van der Waals surface area contributed by atoms with Crippen LogP contribution in [0.5, 0.6) is 0 Å². The van der Waals surface area contributed by atoms with Crippen molar-refractivity contribution in [3.8, 4) is 0 Å². The Morgan fingerprint density at radius 3 is 1.57 bits per heavy atom. The SMILES string of the molecule is CC(C)(C)OC(=O)NCCCCCCCCCCCCCCO. The van der Waals surface area contributed by atoms with Crippen LogP contribution in [0.4, 0.5) is 4.79 Å². The smallest absolute Gasteiger partial charge is 0.407 e. The van der Waals surface area contributed by atoms with E-state index in [1.165, 1.54) is 64.2 Å². The maximum Gasteiger partial charge on any atom is 0.407 e. The Morgan fingerprint density at radius 2 is 1.17 bits per heavy atom. The van der Waals surface area contributed by atoms with Crippen LogP contribution in [0.2, 0.25) is 0 Å². The molecule has 0 spiro atoms. The van der Waals surface area contributed by atoms with E-state index in [-0.39, 0.29) is 6.09 Å². The first-order valence-corrected chi connectivity index (χ1v) is 9.53. The second kappa shape index (κ2) is 14.8. The molecule has 4 heteroatoms. The predicted octanol–water partition coefficient (Wildman–Crippen LogP) is 5.18. The van der Waals surface area contributed by atoms with Crippen LogP contribution in [0, 0.1) is 0 Å². The van der Waals surface area contributed by atoms with Gasteiger partial charge in [0, 0.05) is 13.2 Å². The number of hydrogen-bond donors (Lipinski definition) is 2. The van der Waals surface area contributed by atoms with Crippen molar-refractivity contribution in [2.45, 2.75) is 103 Å². The predicted molar refractivity (Wildman–Crippen MR) is 96.7 cm³/mol. The molecule has 0 fully saturated rings. The molecular formula is C19H39NO3. The van der Waals surface area contributed by atoms with Crippen molar-refractivity contribution in [3.05, 3.63) is 0 Å². The topological polar surface area (TPSA) is 58.6 Å². The minimum absolute atomic E-state index is 0.309. The Kier molecular flexibility index (Phi) is 14.3. The molecule has 0 heterocycles. The number of aliphatic hydroxyl groups is 1. The molecule has 2 N–H and O–H groups in total. The lowest BCUT2D eigenvalue weighted by Gasteiger charge is -2.19.